The van der Waals surface area contributed by atoms with E-state index < -0.39 is 4.92 Å². The maximum atomic E-state index is 11.2. The highest BCUT2D eigenvalue weighted by atomic mass is 16.6. The number of aromatic nitrogens is 2. The number of aryl methyl sites for hydroxylation is 2. The summed E-state index contributed by atoms with van der Waals surface area (Å²) < 4.78 is 0. The summed E-state index contributed by atoms with van der Waals surface area (Å²) in [6.45, 7) is 4.06. The Kier molecular flexibility index (Phi) is 4.32. The van der Waals surface area contributed by atoms with Crippen LogP contribution in [0.3, 0.4) is 0 Å². The second-order valence-corrected chi connectivity index (χ2v) is 4.68. The summed E-state index contributed by atoms with van der Waals surface area (Å²) in [7, 11) is 1.67. The average Bonchev–Trinajstić information content (AvgIpc) is 2.44. The lowest BCUT2D eigenvalue weighted by molar-refractivity contribution is -0.385. The van der Waals surface area contributed by atoms with Crippen LogP contribution in [0.1, 0.15) is 16.8 Å². The fraction of sp³-hybridized carbons (Fsp3) is 0.286. The lowest BCUT2D eigenvalue weighted by Gasteiger charge is -2.09. The largest absolute Gasteiger partial charge is 0.360 e. The van der Waals surface area contributed by atoms with Gasteiger partial charge in [-0.25, -0.2) is 4.98 Å². The second kappa shape index (κ2) is 6.17. The summed E-state index contributed by atoms with van der Waals surface area (Å²) >= 11 is 0. The molecule has 2 rings (SSSR count). The van der Waals surface area contributed by atoms with E-state index in [1.165, 1.54) is 0 Å². The van der Waals surface area contributed by atoms with Crippen LogP contribution >= 0.6 is 0 Å². The predicted molar refractivity (Wildman–Crippen MR) is 81.5 cm³/mol. The van der Waals surface area contributed by atoms with Gasteiger partial charge in [0.15, 0.2) is 0 Å². The number of hydrogen-bond acceptors (Lipinski definition) is 6. The third-order valence-electron chi connectivity index (χ3n) is 3.01. The first-order valence-electron chi connectivity index (χ1n) is 6.51. The van der Waals surface area contributed by atoms with Crippen molar-refractivity contribution in [3.05, 3.63) is 51.2 Å². The monoisotopic (exact) mass is 287 g/mol. The molecule has 0 spiro atoms. The molecule has 7 heteroatoms. The topological polar surface area (TPSA) is 93.0 Å². The van der Waals surface area contributed by atoms with E-state index in [2.05, 4.69) is 20.6 Å². The van der Waals surface area contributed by atoms with Gasteiger partial charge in [0, 0.05) is 13.6 Å². The van der Waals surface area contributed by atoms with E-state index in [1.807, 2.05) is 31.2 Å². The first kappa shape index (κ1) is 14.7. The molecule has 0 atom stereocenters. The zero-order valence-corrected chi connectivity index (χ0v) is 12.2. The Hall–Kier alpha value is -2.70. The minimum Gasteiger partial charge on any atom is -0.360 e. The quantitative estimate of drug-likeness (QED) is 0.648. The smallest absolute Gasteiger partial charge is 0.332 e. The zero-order valence-electron chi connectivity index (χ0n) is 12.2. The van der Waals surface area contributed by atoms with Gasteiger partial charge in [-0.2, -0.15) is 4.98 Å². The molecule has 0 unspecified atom stereocenters. The molecule has 7 nitrogen and oxygen atoms in total. The Morgan fingerprint density at radius 3 is 2.67 bits per heavy atom. The molecule has 2 aromatic rings. The predicted octanol–water partition coefficient (Wildman–Crippen LogP) is 2.66. The highest BCUT2D eigenvalue weighted by Crippen LogP contribution is 2.26. The van der Waals surface area contributed by atoms with Gasteiger partial charge in [-0.05, 0) is 19.4 Å². The molecular weight excluding hydrogens is 270 g/mol. The van der Waals surface area contributed by atoms with Crippen molar-refractivity contribution in [3.8, 4) is 0 Å². The van der Waals surface area contributed by atoms with Crippen molar-refractivity contribution in [2.45, 2.75) is 20.4 Å². The van der Waals surface area contributed by atoms with Crippen LogP contribution in [0.15, 0.2) is 24.3 Å². The van der Waals surface area contributed by atoms with Gasteiger partial charge in [0.25, 0.3) is 0 Å². The molecule has 1 heterocycles. The van der Waals surface area contributed by atoms with Crippen molar-refractivity contribution in [1.82, 2.24) is 9.97 Å². The van der Waals surface area contributed by atoms with E-state index in [4.69, 9.17) is 0 Å². The highest BCUT2D eigenvalue weighted by Gasteiger charge is 2.21. The molecule has 0 aliphatic heterocycles. The summed E-state index contributed by atoms with van der Waals surface area (Å²) in [5.41, 5.74) is 2.40. The molecule has 1 aromatic carbocycles. The maximum Gasteiger partial charge on any atom is 0.332 e. The van der Waals surface area contributed by atoms with Crippen molar-refractivity contribution in [3.63, 3.8) is 0 Å². The van der Waals surface area contributed by atoms with Crippen molar-refractivity contribution >= 4 is 17.5 Å². The minimum absolute atomic E-state index is 0.0957. The van der Waals surface area contributed by atoms with Crippen LogP contribution in [-0.2, 0) is 6.54 Å². The molecule has 0 aliphatic rings. The first-order valence-corrected chi connectivity index (χ1v) is 6.51. The Bertz CT molecular complexity index is 672. The van der Waals surface area contributed by atoms with Gasteiger partial charge in [-0.1, -0.05) is 29.8 Å². The highest BCUT2D eigenvalue weighted by molar-refractivity contribution is 5.60. The van der Waals surface area contributed by atoms with Gasteiger partial charge >= 0.3 is 5.69 Å². The van der Waals surface area contributed by atoms with Crippen LogP contribution in [0.2, 0.25) is 0 Å². The lowest BCUT2D eigenvalue weighted by atomic mass is 10.1. The standard InChI is InChI=1S/C14H17N5O2/c1-9-5-4-6-11(7-9)8-16-13-12(19(20)21)10(2)17-14(15-3)18-13/h4-7H,8H2,1-3H3,(H2,15,16,17,18). The van der Waals surface area contributed by atoms with Crippen molar-refractivity contribution < 1.29 is 4.92 Å². The van der Waals surface area contributed by atoms with Gasteiger partial charge in [0.05, 0.1) is 4.92 Å². The fourth-order valence-corrected chi connectivity index (χ4v) is 2.03. The number of anilines is 2. The zero-order chi connectivity index (χ0) is 15.4. The molecule has 0 amide bonds. The maximum absolute atomic E-state index is 11.2. The number of benzene rings is 1. The van der Waals surface area contributed by atoms with E-state index in [-0.39, 0.29) is 11.5 Å². The number of nitro groups is 1. The van der Waals surface area contributed by atoms with Crippen LogP contribution < -0.4 is 10.6 Å². The summed E-state index contributed by atoms with van der Waals surface area (Å²) in [4.78, 5) is 18.9. The molecule has 21 heavy (non-hydrogen) atoms. The third-order valence-corrected chi connectivity index (χ3v) is 3.01. The van der Waals surface area contributed by atoms with E-state index in [0.717, 1.165) is 11.1 Å². The molecule has 0 saturated heterocycles. The number of rotatable bonds is 5. The van der Waals surface area contributed by atoms with Crippen LogP contribution in [0.25, 0.3) is 0 Å². The van der Waals surface area contributed by atoms with Gasteiger partial charge in [-0.15, -0.1) is 0 Å². The first-order chi connectivity index (χ1) is 10.0. The van der Waals surface area contributed by atoms with Crippen LogP contribution in [0.5, 0.6) is 0 Å². The number of nitrogens with one attached hydrogen (secondary N) is 2. The van der Waals surface area contributed by atoms with Gasteiger partial charge in [0.1, 0.15) is 5.69 Å². The molecule has 0 bridgehead atoms. The Morgan fingerprint density at radius 1 is 1.29 bits per heavy atom. The van der Waals surface area contributed by atoms with Crippen molar-refractivity contribution in [2.75, 3.05) is 17.7 Å². The van der Waals surface area contributed by atoms with E-state index >= 15 is 0 Å². The molecule has 0 aliphatic carbocycles. The molecule has 2 N–H and O–H groups in total. The van der Waals surface area contributed by atoms with Crippen LogP contribution in [-0.4, -0.2) is 21.9 Å². The number of nitrogens with zero attached hydrogens (tertiary/aromatic N) is 3. The van der Waals surface area contributed by atoms with E-state index in [1.54, 1.807) is 14.0 Å². The molecule has 1 aromatic heterocycles. The summed E-state index contributed by atoms with van der Waals surface area (Å²) in [5, 5.41) is 17.0. The average molecular weight is 287 g/mol. The van der Waals surface area contributed by atoms with E-state index in [9.17, 15) is 10.1 Å². The van der Waals surface area contributed by atoms with Crippen LogP contribution in [0, 0.1) is 24.0 Å². The Morgan fingerprint density at radius 2 is 2.05 bits per heavy atom. The van der Waals surface area contributed by atoms with Crippen LogP contribution in [0.4, 0.5) is 17.5 Å². The molecule has 0 radical (unpaired) electrons. The SMILES string of the molecule is CNc1nc(C)c([N+](=O)[O-])c(NCc2cccc(C)c2)n1. The fourth-order valence-electron chi connectivity index (χ4n) is 2.03. The Labute approximate surface area is 122 Å². The third kappa shape index (κ3) is 3.44. The van der Waals surface area contributed by atoms with Gasteiger partial charge < -0.3 is 10.6 Å². The summed E-state index contributed by atoms with van der Waals surface area (Å²) in [6, 6.07) is 7.93. The lowest BCUT2D eigenvalue weighted by Crippen LogP contribution is -2.09. The molecule has 0 fully saturated rings. The Balaban J connectivity index is 2.29. The van der Waals surface area contributed by atoms with Gasteiger partial charge in [-0.3, -0.25) is 10.1 Å². The normalized spacial score (nSPS) is 10.2. The molecular formula is C14H17N5O2. The van der Waals surface area contributed by atoms with Crippen molar-refractivity contribution in [2.24, 2.45) is 0 Å². The summed E-state index contributed by atoms with van der Waals surface area (Å²) in [6.07, 6.45) is 0. The van der Waals surface area contributed by atoms with E-state index in [0.29, 0.717) is 18.2 Å². The van der Waals surface area contributed by atoms with Crippen molar-refractivity contribution in [1.29, 1.82) is 0 Å². The second-order valence-electron chi connectivity index (χ2n) is 4.68. The minimum atomic E-state index is -0.465. The molecule has 0 saturated carbocycles. The summed E-state index contributed by atoms with van der Waals surface area (Å²) in [5.74, 6) is 0.572. The van der Waals surface area contributed by atoms with Gasteiger partial charge in [0.2, 0.25) is 11.8 Å². The molecule has 110 valence electrons. The number of hydrogen-bond donors (Lipinski definition) is 2.